The van der Waals surface area contributed by atoms with Crippen LogP contribution in [0.15, 0.2) is 35.4 Å². The topological polar surface area (TPSA) is 118 Å². The van der Waals surface area contributed by atoms with Crippen LogP contribution in [0.4, 0.5) is 38.0 Å². The summed E-state index contributed by atoms with van der Waals surface area (Å²) >= 11 is 0. The minimum absolute atomic E-state index is 0.114. The highest BCUT2D eigenvalue weighted by Gasteiger charge is 2.38. The third-order valence-corrected chi connectivity index (χ3v) is 8.74. The molecule has 0 radical (unpaired) electrons. The lowest BCUT2D eigenvalue weighted by Gasteiger charge is -2.37. The maximum atomic E-state index is 13.8. The minimum atomic E-state index is -4.96. The van der Waals surface area contributed by atoms with E-state index in [0.717, 1.165) is 80.0 Å². The lowest BCUT2D eigenvalue weighted by atomic mass is 9.93. The first-order valence-electron chi connectivity index (χ1n) is 15.1. The molecule has 1 atom stereocenters. The average molecular weight is 653 g/mol. The Labute approximate surface area is 263 Å². The number of nitrogens with two attached hydrogens (primary N) is 2. The fourth-order valence-corrected chi connectivity index (χ4v) is 6.68. The summed E-state index contributed by atoms with van der Waals surface area (Å²) in [6, 6.07) is 5.35. The molecule has 5 rings (SSSR count). The number of benzene rings is 2. The summed E-state index contributed by atoms with van der Waals surface area (Å²) in [4.78, 5) is 7.22. The molecule has 1 aromatic heterocycles. The molecule has 2 aromatic carbocycles. The van der Waals surface area contributed by atoms with E-state index in [2.05, 4.69) is 31.5 Å². The zero-order valence-electron chi connectivity index (χ0n) is 25.9. The van der Waals surface area contributed by atoms with Gasteiger partial charge in [-0.2, -0.15) is 31.1 Å². The molecule has 10 nitrogen and oxygen atoms in total. The number of aryl methyl sites for hydroxylation is 3. The van der Waals surface area contributed by atoms with Crippen molar-refractivity contribution in [3.8, 4) is 0 Å². The number of alkyl halides is 6. The van der Waals surface area contributed by atoms with Gasteiger partial charge in [0.2, 0.25) is 5.96 Å². The number of fused-ring (bicyclic) bond motifs is 1. The number of guanidine groups is 1. The Kier molecular flexibility index (Phi) is 9.27. The van der Waals surface area contributed by atoms with E-state index in [1.165, 1.54) is 4.80 Å². The van der Waals surface area contributed by atoms with Gasteiger partial charge in [0, 0.05) is 38.4 Å². The number of nitrogens with zero attached hydrogens (tertiary/aromatic N) is 8. The number of hydrazone groups is 1. The maximum absolute atomic E-state index is 13.8. The van der Waals surface area contributed by atoms with Gasteiger partial charge in [0.25, 0.3) is 5.95 Å². The first-order valence-corrected chi connectivity index (χ1v) is 15.1. The standard InChI is InChI=1S/C30H38F6N10/c1-18-11-19(2)26-24(12-18)25(5-4-8-45(26)16-20-6-9-44(10-7-20)27(37)39-38)46(28-40-42-43(3)41-28)17-21-13-22(29(31,32)33)15-23(14-21)30(34,35)36/h11-15,20,25H,4-10,16-17,38H2,1-3H3,(H2,37,39). The molecule has 2 aliphatic rings. The summed E-state index contributed by atoms with van der Waals surface area (Å²) in [6.07, 6.45) is -6.86. The normalized spacial score (nSPS) is 18.5. The Hall–Kier alpha value is -4.24. The van der Waals surface area contributed by atoms with Crippen molar-refractivity contribution in [2.24, 2.45) is 29.6 Å². The molecule has 1 saturated heterocycles. The van der Waals surface area contributed by atoms with Gasteiger partial charge in [-0.1, -0.05) is 22.8 Å². The van der Waals surface area contributed by atoms with E-state index in [0.29, 0.717) is 18.3 Å². The summed E-state index contributed by atoms with van der Waals surface area (Å²) in [7, 11) is 1.55. The first-order chi connectivity index (χ1) is 21.6. The van der Waals surface area contributed by atoms with Gasteiger partial charge in [0.1, 0.15) is 0 Å². The van der Waals surface area contributed by atoms with Crippen LogP contribution in [0.2, 0.25) is 0 Å². The Balaban J connectivity index is 1.54. The van der Waals surface area contributed by atoms with Crippen LogP contribution in [-0.2, 0) is 25.9 Å². The van der Waals surface area contributed by atoms with Crippen molar-refractivity contribution in [1.29, 1.82) is 0 Å². The van der Waals surface area contributed by atoms with E-state index in [4.69, 9.17) is 11.6 Å². The van der Waals surface area contributed by atoms with Gasteiger partial charge in [-0.05, 0) is 85.6 Å². The van der Waals surface area contributed by atoms with E-state index >= 15 is 0 Å². The molecule has 0 aliphatic carbocycles. The molecule has 3 heterocycles. The Morgan fingerprint density at radius 2 is 1.61 bits per heavy atom. The van der Waals surface area contributed by atoms with Crippen molar-refractivity contribution in [2.75, 3.05) is 36.0 Å². The van der Waals surface area contributed by atoms with Crippen LogP contribution >= 0.6 is 0 Å². The second-order valence-electron chi connectivity index (χ2n) is 12.2. The van der Waals surface area contributed by atoms with Crippen LogP contribution in [0.1, 0.15) is 65.1 Å². The molecule has 2 aliphatic heterocycles. The molecule has 16 heteroatoms. The number of halogens is 6. The van der Waals surface area contributed by atoms with E-state index in [-0.39, 0.29) is 24.1 Å². The van der Waals surface area contributed by atoms with Crippen molar-refractivity contribution >= 4 is 17.6 Å². The third kappa shape index (κ3) is 7.25. The Bertz CT molecular complexity index is 1530. The average Bonchev–Trinajstić information content (AvgIpc) is 3.34. The molecule has 250 valence electrons. The van der Waals surface area contributed by atoms with Gasteiger partial charge in [-0.25, -0.2) is 0 Å². The summed E-state index contributed by atoms with van der Waals surface area (Å²) in [6.45, 7) is 6.67. The number of rotatable bonds is 6. The molecule has 1 fully saturated rings. The van der Waals surface area contributed by atoms with Crippen LogP contribution in [0.25, 0.3) is 0 Å². The number of piperidine rings is 1. The van der Waals surface area contributed by atoms with Crippen molar-refractivity contribution in [3.05, 3.63) is 63.7 Å². The third-order valence-electron chi connectivity index (χ3n) is 8.74. The van der Waals surface area contributed by atoms with Crippen LogP contribution in [0, 0.1) is 19.8 Å². The molecule has 4 N–H and O–H groups in total. The molecule has 0 saturated carbocycles. The predicted molar refractivity (Wildman–Crippen MR) is 162 cm³/mol. The first kappa shape index (κ1) is 33.1. The van der Waals surface area contributed by atoms with Crippen LogP contribution in [0.3, 0.4) is 0 Å². The number of anilines is 2. The SMILES string of the molecule is Cc1cc(C)c2c(c1)C(N(Cc1cc(C(F)(F)F)cc(C(F)(F)F)c1)c1nnn(C)n1)CCCN2CC1CCN(/C(N)=N/N)CC1. The second-order valence-corrected chi connectivity index (χ2v) is 12.2. The van der Waals surface area contributed by atoms with Crippen LogP contribution in [0.5, 0.6) is 0 Å². The molecule has 1 unspecified atom stereocenters. The minimum Gasteiger partial charge on any atom is -0.371 e. The van der Waals surface area contributed by atoms with Gasteiger partial charge >= 0.3 is 12.4 Å². The van der Waals surface area contributed by atoms with E-state index < -0.39 is 29.5 Å². The molecule has 0 spiro atoms. The van der Waals surface area contributed by atoms with Crippen molar-refractivity contribution in [3.63, 3.8) is 0 Å². The van der Waals surface area contributed by atoms with E-state index in [9.17, 15) is 26.3 Å². The fraction of sp³-hybridized carbons (Fsp3) is 0.533. The number of hydrogen-bond acceptors (Lipinski definition) is 7. The van der Waals surface area contributed by atoms with Gasteiger partial charge in [-0.3, -0.25) is 0 Å². The highest BCUT2D eigenvalue weighted by molar-refractivity contribution is 5.77. The number of hydrogen-bond donors (Lipinski definition) is 2. The molecule has 3 aromatic rings. The smallest absolute Gasteiger partial charge is 0.371 e. The van der Waals surface area contributed by atoms with Gasteiger partial charge in [0.05, 0.1) is 24.2 Å². The molecular weight excluding hydrogens is 614 g/mol. The lowest BCUT2D eigenvalue weighted by Crippen LogP contribution is -2.45. The van der Waals surface area contributed by atoms with Crippen LogP contribution < -0.4 is 21.4 Å². The summed E-state index contributed by atoms with van der Waals surface area (Å²) < 4.78 is 82.6. The van der Waals surface area contributed by atoms with E-state index in [1.807, 2.05) is 24.8 Å². The molecule has 46 heavy (non-hydrogen) atoms. The zero-order valence-corrected chi connectivity index (χ0v) is 25.9. The number of likely N-dealkylation sites (tertiary alicyclic amines) is 1. The Morgan fingerprint density at radius 1 is 0.957 bits per heavy atom. The zero-order chi connectivity index (χ0) is 33.4. The quantitative estimate of drug-likeness (QED) is 0.124. The summed E-state index contributed by atoms with van der Waals surface area (Å²) in [5, 5.41) is 16.0. The predicted octanol–water partition coefficient (Wildman–Crippen LogP) is 5.11. The lowest BCUT2D eigenvalue weighted by molar-refractivity contribution is -0.143. The van der Waals surface area contributed by atoms with Crippen molar-refractivity contribution in [2.45, 2.75) is 64.5 Å². The monoisotopic (exact) mass is 652 g/mol. The van der Waals surface area contributed by atoms with Crippen molar-refractivity contribution in [1.82, 2.24) is 25.1 Å². The summed E-state index contributed by atoms with van der Waals surface area (Å²) in [5.74, 6) is 6.16. The largest absolute Gasteiger partial charge is 0.416 e. The van der Waals surface area contributed by atoms with Crippen LogP contribution in [-0.4, -0.2) is 57.2 Å². The van der Waals surface area contributed by atoms with Gasteiger partial charge in [-0.15, -0.1) is 10.2 Å². The molecule has 0 amide bonds. The Morgan fingerprint density at radius 3 is 2.17 bits per heavy atom. The van der Waals surface area contributed by atoms with E-state index in [1.54, 1.807) is 11.9 Å². The molecular formula is C30H38F6N10. The number of tetrazole rings is 1. The maximum Gasteiger partial charge on any atom is 0.416 e. The second kappa shape index (κ2) is 12.9. The highest BCUT2D eigenvalue weighted by atomic mass is 19.4. The highest BCUT2D eigenvalue weighted by Crippen LogP contribution is 2.43. The van der Waals surface area contributed by atoms with Crippen molar-refractivity contribution < 1.29 is 26.3 Å². The van der Waals surface area contributed by atoms with Gasteiger partial charge in [0.15, 0.2) is 0 Å². The fourth-order valence-electron chi connectivity index (χ4n) is 6.68. The summed E-state index contributed by atoms with van der Waals surface area (Å²) in [5.41, 5.74) is 6.96. The molecule has 0 bridgehead atoms. The number of aromatic nitrogens is 4. The van der Waals surface area contributed by atoms with Gasteiger partial charge < -0.3 is 26.3 Å².